The van der Waals surface area contributed by atoms with E-state index in [1.165, 1.54) is 0 Å². The van der Waals surface area contributed by atoms with Gasteiger partial charge in [0.05, 0.1) is 6.61 Å². The summed E-state index contributed by atoms with van der Waals surface area (Å²) in [5.74, 6) is 1.46. The van der Waals surface area contributed by atoms with E-state index in [1.54, 1.807) is 0 Å². The molecule has 0 aromatic carbocycles. The molecule has 6 heteroatoms. The molecule has 0 unspecified atom stereocenters. The first-order valence-electron chi connectivity index (χ1n) is 8.16. The number of likely N-dealkylation sites (tertiary alicyclic amines) is 1. The van der Waals surface area contributed by atoms with E-state index in [1.807, 2.05) is 17.3 Å². The minimum atomic E-state index is -0.0703. The van der Waals surface area contributed by atoms with E-state index in [0.29, 0.717) is 5.92 Å². The summed E-state index contributed by atoms with van der Waals surface area (Å²) in [5, 5.41) is 8.94. The summed E-state index contributed by atoms with van der Waals surface area (Å²) in [6, 6.07) is 0. The summed E-state index contributed by atoms with van der Waals surface area (Å²) in [5.41, 5.74) is 0. The third-order valence-electron chi connectivity index (χ3n) is 4.22. The fraction of sp³-hybridized carbons (Fsp3) is 0.750. The van der Waals surface area contributed by atoms with Crippen molar-refractivity contribution in [1.29, 1.82) is 0 Å². The number of aliphatic hydroxyl groups excluding tert-OH is 1. The van der Waals surface area contributed by atoms with Crippen molar-refractivity contribution < 1.29 is 9.90 Å². The molecule has 1 aromatic rings. The molecule has 1 aliphatic heterocycles. The van der Waals surface area contributed by atoms with Gasteiger partial charge < -0.3 is 19.5 Å². The lowest BCUT2D eigenvalue weighted by Crippen LogP contribution is -2.40. The average molecular weight is 308 g/mol. The summed E-state index contributed by atoms with van der Waals surface area (Å²) in [4.78, 5) is 20.6. The van der Waals surface area contributed by atoms with Gasteiger partial charge in [0.15, 0.2) is 0 Å². The molecule has 0 saturated carbocycles. The van der Waals surface area contributed by atoms with Gasteiger partial charge in [-0.1, -0.05) is 0 Å². The molecule has 1 fully saturated rings. The first kappa shape index (κ1) is 17.0. The van der Waals surface area contributed by atoms with Crippen LogP contribution in [-0.4, -0.2) is 70.7 Å². The Morgan fingerprint density at radius 1 is 1.50 bits per heavy atom. The zero-order chi connectivity index (χ0) is 15.9. The standard InChI is InChI=1S/C16H28N4O2/c1-18(2)8-4-10-19-11-7-17-16(19)14-5-3-9-20(13-14)15(22)6-12-21/h7,11,14,21H,3-6,8-10,12-13H2,1-2H3/t14-/m1/s1. The van der Waals surface area contributed by atoms with Gasteiger partial charge in [0, 0.05) is 44.4 Å². The molecule has 2 heterocycles. The lowest BCUT2D eigenvalue weighted by Gasteiger charge is -2.32. The molecular formula is C16H28N4O2. The largest absolute Gasteiger partial charge is 0.396 e. The van der Waals surface area contributed by atoms with Gasteiger partial charge in [-0.05, 0) is 39.9 Å². The van der Waals surface area contributed by atoms with E-state index >= 15 is 0 Å². The number of rotatable bonds is 7. The second-order valence-corrected chi connectivity index (χ2v) is 6.29. The van der Waals surface area contributed by atoms with Gasteiger partial charge in [-0.3, -0.25) is 4.79 Å². The van der Waals surface area contributed by atoms with E-state index in [0.717, 1.165) is 51.3 Å². The van der Waals surface area contributed by atoms with Crippen molar-refractivity contribution >= 4 is 5.91 Å². The highest BCUT2D eigenvalue weighted by Gasteiger charge is 2.26. The number of nitrogens with zero attached hydrogens (tertiary/aromatic N) is 4. The van der Waals surface area contributed by atoms with Crippen LogP contribution in [0, 0.1) is 0 Å². The van der Waals surface area contributed by atoms with Gasteiger partial charge in [-0.25, -0.2) is 4.98 Å². The lowest BCUT2D eigenvalue weighted by atomic mass is 9.96. The second kappa shape index (κ2) is 8.29. The van der Waals surface area contributed by atoms with Crippen LogP contribution in [0.25, 0.3) is 0 Å². The fourth-order valence-electron chi connectivity index (χ4n) is 3.10. The summed E-state index contributed by atoms with van der Waals surface area (Å²) in [6.07, 6.45) is 7.30. The predicted octanol–water partition coefficient (Wildman–Crippen LogP) is 0.923. The Balaban J connectivity index is 1.96. The van der Waals surface area contributed by atoms with E-state index in [9.17, 15) is 4.79 Å². The zero-order valence-electron chi connectivity index (χ0n) is 13.7. The van der Waals surface area contributed by atoms with Gasteiger partial charge >= 0.3 is 0 Å². The third kappa shape index (κ3) is 4.55. The maximum atomic E-state index is 12.0. The molecule has 0 bridgehead atoms. The number of aromatic nitrogens is 2. The van der Waals surface area contributed by atoms with Crippen LogP contribution in [0.15, 0.2) is 12.4 Å². The molecule has 124 valence electrons. The smallest absolute Gasteiger partial charge is 0.224 e. The Labute approximate surface area is 132 Å². The lowest BCUT2D eigenvalue weighted by molar-refractivity contribution is -0.133. The number of aryl methyl sites for hydroxylation is 1. The average Bonchev–Trinajstić information content (AvgIpc) is 2.96. The van der Waals surface area contributed by atoms with Gasteiger partial charge in [0.1, 0.15) is 5.82 Å². The van der Waals surface area contributed by atoms with E-state index < -0.39 is 0 Å². The van der Waals surface area contributed by atoms with Crippen LogP contribution in [0.1, 0.15) is 37.4 Å². The van der Waals surface area contributed by atoms with Crippen LogP contribution < -0.4 is 0 Å². The highest BCUT2D eigenvalue weighted by molar-refractivity contribution is 5.76. The van der Waals surface area contributed by atoms with Crippen LogP contribution in [0.3, 0.4) is 0 Å². The van der Waals surface area contributed by atoms with Crippen molar-refractivity contribution in [2.45, 2.75) is 38.1 Å². The molecule has 0 radical (unpaired) electrons. The molecule has 1 saturated heterocycles. The van der Waals surface area contributed by atoms with E-state index in [2.05, 4.69) is 28.5 Å². The van der Waals surface area contributed by atoms with E-state index in [-0.39, 0.29) is 18.9 Å². The van der Waals surface area contributed by atoms with Crippen molar-refractivity contribution in [2.75, 3.05) is 40.3 Å². The topological polar surface area (TPSA) is 61.6 Å². The number of carbonyl (C=O) groups excluding carboxylic acids is 1. The van der Waals surface area contributed by atoms with Crippen LogP contribution in [0.2, 0.25) is 0 Å². The Hall–Kier alpha value is -1.40. The minimum absolute atomic E-state index is 0.0536. The van der Waals surface area contributed by atoms with Crippen LogP contribution in [0.4, 0.5) is 0 Å². The number of aliphatic hydroxyl groups is 1. The number of amides is 1. The Morgan fingerprint density at radius 2 is 2.32 bits per heavy atom. The Bertz CT molecular complexity index is 472. The van der Waals surface area contributed by atoms with Crippen molar-refractivity contribution in [3.8, 4) is 0 Å². The Kier molecular flexibility index (Phi) is 6.39. The summed E-state index contributed by atoms with van der Waals surface area (Å²) < 4.78 is 2.23. The van der Waals surface area contributed by atoms with Crippen LogP contribution >= 0.6 is 0 Å². The summed E-state index contributed by atoms with van der Waals surface area (Å²) >= 11 is 0. The summed E-state index contributed by atoms with van der Waals surface area (Å²) in [6.45, 7) is 3.48. The molecule has 1 aromatic heterocycles. The highest BCUT2D eigenvalue weighted by atomic mass is 16.3. The van der Waals surface area contributed by atoms with Crippen molar-refractivity contribution in [2.24, 2.45) is 0 Å². The fourth-order valence-corrected chi connectivity index (χ4v) is 3.10. The van der Waals surface area contributed by atoms with Gasteiger partial charge in [-0.2, -0.15) is 0 Å². The quantitative estimate of drug-likeness (QED) is 0.814. The number of carbonyl (C=O) groups is 1. The van der Waals surface area contributed by atoms with Crippen molar-refractivity contribution in [1.82, 2.24) is 19.4 Å². The molecule has 1 N–H and O–H groups in total. The molecule has 1 atom stereocenters. The highest BCUT2D eigenvalue weighted by Crippen LogP contribution is 2.26. The number of imidazole rings is 1. The van der Waals surface area contributed by atoms with Crippen molar-refractivity contribution in [3.05, 3.63) is 18.2 Å². The maximum Gasteiger partial charge on any atom is 0.224 e. The van der Waals surface area contributed by atoms with E-state index in [4.69, 9.17) is 5.11 Å². The minimum Gasteiger partial charge on any atom is -0.396 e. The Morgan fingerprint density at radius 3 is 3.05 bits per heavy atom. The van der Waals surface area contributed by atoms with Crippen molar-refractivity contribution in [3.63, 3.8) is 0 Å². The molecule has 0 aliphatic carbocycles. The third-order valence-corrected chi connectivity index (χ3v) is 4.22. The predicted molar refractivity (Wildman–Crippen MR) is 85.7 cm³/mol. The van der Waals surface area contributed by atoms with Gasteiger partial charge in [-0.15, -0.1) is 0 Å². The number of hydrogen-bond donors (Lipinski definition) is 1. The van der Waals surface area contributed by atoms with Gasteiger partial charge in [0.2, 0.25) is 5.91 Å². The monoisotopic (exact) mass is 308 g/mol. The number of piperidine rings is 1. The van der Waals surface area contributed by atoms with Crippen LogP contribution in [-0.2, 0) is 11.3 Å². The van der Waals surface area contributed by atoms with Crippen LogP contribution in [0.5, 0.6) is 0 Å². The molecule has 1 aliphatic rings. The van der Waals surface area contributed by atoms with Gasteiger partial charge in [0.25, 0.3) is 0 Å². The zero-order valence-corrected chi connectivity index (χ0v) is 13.7. The number of hydrogen-bond acceptors (Lipinski definition) is 4. The summed E-state index contributed by atoms with van der Waals surface area (Å²) in [7, 11) is 4.17. The second-order valence-electron chi connectivity index (χ2n) is 6.29. The maximum absolute atomic E-state index is 12.0. The first-order valence-corrected chi connectivity index (χ1v) is 8.16. The molecule has 6 nitrogen and oxygen atoms in total. The molecule has 0 spiro atoms. The first-order chi connectivity index (χ1) is 10.6. The molecule has 1 amide bonds. The normalized spacial score (nSPS) is 18.9. The molecular weight excluding hydrogens is 280 g/mol. The molecule has 22 heavy (non-hydrogen) atoms. The SMILES string of the molecule is CN(C)CCCn1ccnc1[C@@H]1CCCN(C(=O)CCO)C1. The molecule has 2 rings (SSSR count).